The van der Waals surface area contributed by atoms with E-state index in [1.807, 2.05) is 0 Å². The van der Waals surface area contributed by atoms with Crippen LogP contribution in [0.3, 0.4) is 0 Å². The zero-order valence-corrected chi connectivity index (χ0v) is 12.4. The van der Waals surface area contributed by atoms with Crippen LogP contribution in [0.5, 0.6) is 0 Å². The topological polar surface area (TPSA) is 49.3 Å². The largest absolute Gasteiger partial charge is 0.396 e. The predicted molar refractivity (Wildman–Crippen MR) is 78.2 cm³/mol. The van der Waals surface area contributed by atoms with Gasteiger partial charge in [0.1, 0.15) is 11.6 Å². The van der Waals surface area contributed by atoms with E-state index >= 15 is 0 Å². The van der Waals surface area contributed by atoms with Crippen molar-refractivity contribution in [1.29, 1.82) is 0 Å². The number of halogens is 2. The van der Waals surface area contributed by atoms with E-state index in [9.17, 15) is 13.6 Å². The fourth-order valence-corrected chi connectivity index (χ4v) is 3.47. The van der Waals surface area contributed by atoms with Crippen LogP contribution in [0.1, 0.15) is 43.6 Å². The van der Waals surface area contributed by atoms with Gasteiger partial charge in [-0.05, 0) is 50.2 Å². The number of carbonyl (C=O) groups excluding carboxylic acids is 1. The van der Waals surface area contributed by atoms with E-state index in [0.29, 0.717) is 12.3 Å². The van der Waals surface area contributed by atoms with Gasteiger partial charge in [-0.3, -0.25) is 4.79 Å². The van der Waals surface area contributed by atoms with Crippen molar-refractivity contribution in [2.75, 3.05) is 6.61 Å². The van der Waals surface area contributed by atoms with E-state index in [1.54, 1.807) is 0 Å². The van der Waals surface area contributed by atoms with Crippen LogP contribution in [-0.2, 0) is 4.79 Å². The molecule has 2 N–H and O–H groups in total. The molecule has 0 bridgehead atoms. The molecular weight excluding hydrogens is 288 g/mol. The summed E-state index contributed by atoms with van der Waals surface area (Å²) in [5, 5.41) is 12.1. The van der Waals surface area contributed by atoms with Crippen molar-refractivity contribution in [3.8, 4) is 0 Å². The second kappa shape index (κ2) is 6.32. The lowest BCUT2D eigenvalue weighted by molar-refractivity contribution is -0.123. The molecule has 22 heavy (non-hydrogen) atoms. The third kappa shape index (κ3) is 3.14. The number of benzene rings is 1. The molecule has 1 amide bonds. The monoisotopic (exact) mass is 309 g/mol. The van der Waals surface area contributed by atoms with Crippen LogP contribution in [0.4, 0.5) is 8.78 Å². The average Bonchev–Trinajstić information content (AvgIpc) is 3.28. The summed E-state index contributed by atoms with van der Waals surface area (Å²) in [5.41, 5.74) is 0.0478. The number of amides is 1. The first-order valence-electron chi connectivity index (χ1n) is 7.95. The van der Waals surface area contributed by atoms with Gasteiger partial charge in [0.2, 0.25) is 5.91 Å². The van der Waals surface area contributed by atoms with Gasteiger partial charge in [-0.25, -0.2) is 8.78 Å². The lowest BCUT2D eigenvalue weighted by Crippen LogP contribution is -2.39. The molecule has 0 heterocycles. The molecule has 0 aromatic heterocycles. The number of rotatable bonds is 4. The van der Waals surface area contributed by atoms with Gasteiger partial charge in [-0.15, -0.1) is 0 Å². The number of carbonyl (C=O) groups is 1. The zero-order valence-electron chi connectivity index (χ0n) is 12.4. The van der Waals surface area contributed by atoms with Crippen LogP contribution in [0, 0.1) is 23.5 Å². The quantitative estimate of drug-likeness (QED) is 0.898. The molecule has 0 aliphatic heterocycles. The van der Waals surface area contributed by atoms with Crippen molar-refractivity contribution in [2.24, 2.45) is 11.8 Å². The van der Waals surface area contributed by atoms with Crippen LogP contribution in [0.15, 0.2) is 18.2 Å². The highest BCUT2D eigenvalue weighted by molar-refractivity contribution is 5.83. The van der Waals surface area contributed by atoms with Crippen molar-refractivity contribution in [3.63, 3.8) is 0 Å². The summed E-state index contributed by atoms with van der Waals surface area (Å²) in [6, 6.07) is 3.94. The van der Waals surface area contributed by atoms with E-state index in [0.717, 1.165) is 25.7 Å². The Morgan fingerprint density at radius 2 is 1.82 bits per heavy atom. The minimum absolute atomic E-state index is 0.0478. The Balaban J connectivity index is 1.55. The van der Waals surface area contributed by atoms with E-state index in [1.165, 1.54) is 18.2 Å². The summed E-state index contributed by atoms with van der Waals surface area (Å²) in [5.74, 6) is -1.54. The van der Waals surface area contributed by atoms with Crippen molar-refractivity contribution < 1.29 is 18.7 Å². The molecule has 5 heteroatoms. The van der Waals surface area contributed by atoms with Gasteiger partial charge in [-0.1, -0.05) is 6.07 Å². The highest BCUT2D eigenvalue weighted by Gasteiger charge is 2.47. The SMILES string of the molecule is O=C(NC1CCC(CO)CC1)C1CC1c1c(F)cccc1F. The van der Waals surface area contributed by atoms with Crippen molar-refractivity contribution in [1.82, 2.24) is 5.32 Å². The summed E-state index contributed by atoms with van der Waals surface area (Å²) >= 11 is 0. The second-order valence-electron chi connectivity index (χ2n) is 6.49. The molecular formula is C17H21F2NO2. The van der Waals surface area contributed by atoms with Gasteiger partial charge in [-0.2, -0.15) is 0 Å². The molecule has 2 fully saturated rings. The van der Waals surface area contributed by atoms with Crippen molar-refractivity contribution >= 4 is 5.91 Å². The van der Waals surface area contributed by atoms with Gasteiger partial charge in [0.15, 0.2) is 0 Å². The fraction of sp³-hybridized carbons (Fsp3) is 0.588. The molecule has 0 spiro atoms. The van der Waals surface area contributed by atoms with E-state index in [4.69, 9.17) is 5.11 Å². The third-order valence-corrected chi connectivity index (χ3v) is 4.95. The number of hydrogen-bond acceptors (Lipinski definition) is 2. The van der Waals surface area contributed by atoms with Crippen molar-refractivity contribution in [3.05, 3.63) is 35.4 Å². The van der Waals surface area contributed by atoms with E-state index in [-0.39, 0.29) is 36.0 Å². The maximum Gasteiger partial charge on any atom is 0.223 e. The lowest BCUT2D eigenvalue weighted by Gasteiger charge is -2.28. The Bertz CT molecular complexity index is 535. The van der Waals surface area contributed by atoms with Crippen LogP contribution >= 0.6 is 0 Å². The first-order valence-corrected chi connectivity index (χ1v) is 7.95. The Labute approximate surface area is 128 Å². The first-order chi connectivity index (χ1) is 10.6. The van der Waals surface area contributed by atoms with Gasteiger partial charge in [0.25, 0.3) is 0 Å². The maximum atomic E-state index is 13.7. The summed E-state index contributed by atoms with van der Waals surface area (Å²) in [6.07, 6.45) is 4.06. The molecule has 2 saturated carbocycles. The minimum Gasteiger partial charge on any atom is -0.396 e. The van der Waals surface area contributed by atoms with Crippen molar-refractivity contribution in [2.45, 2.75) is 44.1 Å². The third-order valence-electron chi connectivity index (χ3n) is 4.95. The van der Waals surface area contributed by atoms with Gasteiger partial charge in [0.05, 0.1) is 0 Å². The molecule has 2 unspecified atom stereocenters. The normalized spacial score (nSPS) is 30.9. The number of aliphatic hydroxyl groups is 1. The maximum absolute atomic E-state index is 13.7. The fourth-order valence-electron chi connectivity index (χ4n) is 3.47. The lowest BCUT2D eigenvalue weighted by atomic mass is 9.86. The second-order valence-corrected chi connectivity index (χ2v) is 6.49. The molecule has 2 aliphatic carbocycles. The molecule has 3 nitrogen and oxygen atoms in total. The standard InChI is InChI=1S/C17H21F2NO2/c18-14-2-1-3-15(19)16(14)12-8-13(12)17(22)20-11-6-4-10(9-21)5-7-11/h1-3,10-13,21H,4-9H2,(H,20,22). The summed E-state index contributed by atoms with van der Waals surface area (Å²) < 4.78 is 27.4. The van der Waals surface area contributed by atoms with Gasteiger partial charge >= 0.3 is 0 Å². The van der Waals surface area contributed by atoms with E-state index in [2.05, 4.69) is 5.32 Å². The van der Waals surface area contributed by atoms with Crippen LogP contribution in [-0.4, -0.2) is 23.7 Å². The van der Waals surface area contributed by atoms with Crippen LogP contribution in [0.25, 0.3) is 0 Å². The molecule has 2 aliphatic rings. The molecule has 1 aromatic carbocycles. The van der Waals surface area contributed by atoms with Crippen LogP contribution in [0.2, 0.25) is 0 Å². The summed E-state index contributed by atoms with van der Waals surface area (Å²) in [4.78, 5) is 12.2. The number of nitrogens with one attached hydrogen (secondary N) is 1. The Kier molecular flexibility index (Phi) is 4.43. The Hall–Kier alpha value is -1.49. The Morgan fingerprint density at radius 1 is 1.18 bits per heavy atom. The van der Waals surface area contributed by atoms with E-state index < -0.39 is 11.6 Å². The number of aliphatic hydroxyl groups excluding tert-OH is 1. The summed E-state index contributed by atoms with van der Waals surface area (Å²) in [7, 11) is 0. The highest BCUT2D eigenvalue weighted by atomic mass is 19.1. The Morgan fingerprint density at radius 3 is 2.41 bits per heavy atom. The smallest absolute Gasteiger partial charge is 0.223 e. The summed E-state index contributed by atoms with van der Waals surface area (Å²) in [6.45, 7) is 0.206. The highest BCUT2D eigenvalue weighted by Crippen LogP contribution is 2.49. The van der Waals surface area contributed by atoms with Gasteiger partial charge in [0, 0.05) is 30.0 Å². The zero-order chi connectivity index (χ0) is 15.7. The predicted octanol–water partition coefficient (Wildman–Crippen LogP) is 2.74. The molecule has 1 aromatic rings. The minimum atomic E-state index is -0.566. The molecule has 3 rings (SSSR count). The average molecular weight is 309 g/mol. The molecule has 0 saturated heterocycles. The molecule has 0 radical (unpaired) electrons. The van der Waals surface area contributed by atoms with Gasteiger partial charge < -0.3 is 10.4 Å². The first kappa shape index (κ1) is 15.4. The molecule has 2 atom stereocenters. The van der Waals surface area contributed by atoms with Crippen LogP contribution < -0.4 is 5.32 Å². The number of hydrogen-bond donors (Lipinski definition) is 2. The molecule has 120 valence electrons.